The Morgan fingerprint density at radius 1 is 1.32 bits per heavy atom. The van der Waals surface area contributed by atoms with Crippen molar-refractivity contribution in [1.29, 1.82) is 0 Å². The van der Waals surface area contributed by atoms with Gasteiger partial charge in [-0.2, -0.15) is 5.10 Å². The van der Waals surface area contributed by atoms with Gasteiger partial charge in [0.05, 0.1) is 11.3 Å². The van der Waals surface area contributed by atoms with Crippen LogP contribution in [0, 0.1) is 13.8 Å². The first-order chi connectivity index (χ1) is 8.61. The van der Waals surface area contributed by atoms with Crippen LogP contribution < -0.4 is 10.6 Å². The van der Waals surface area contributed by atoms with Gasteiger partial charge in [0.15, 0.2) is 0 Å². The molecule has 0 bridgehead atoms. The molecule has 0 aliphatic carbocycles. The van der Waals surface area contributed by atoms with Gasteiger partial charge in [-0.3, -0.25) is 9.48 Å². The zero-order valence-corrected chi connectivity index (χ0v) is 13.1. The van der Waals surface area contributed by atoms with Crippen LogP contribution >= 0.6 is 12.4 Å². The van der Waals surface area contributed by atoms with Crippen molar-refractivity contribution in [3.63, 3.8) is 0 Å². The van der Waals surface area contributed by atoms with Crippen LogP contribution in [0.5, 0.6) is 0 Å². The predicted octanol–water partition coefficient (Wildman–Crippen LogP) is 1.67. The fourth-order valence-corrected chi connectivity index (χ4v) is 2.01. The monoisotopic (exact) mass is 288 g/mol. The van der Waals surface area contributed by atoms with Gasteiger partial charge in [0.2, 0.25) is 0 Å². The number of hydrogen-bond acceptors (Lipinski definition) is 3. The molecule has 0 aromatic carbocycles. The van der Waals surface area contributed by atoms with E-state index in [1.807, 2.05) is 25.6 Å². The van der Waals surface area contributed by atoms with Gasteiger partial charge in [0, 0.05) is 18.8 Å². The van der Waals surface area contributed by atoms with Crippen molar-refractivity contribution >= 4 is 18.3 Å². The molecule has 0 aliphatic heterocycles. The molecular formula is C13H25ClN4O. The van der Waals surface area contributed by atoms with Crippen molar-refractivity contribution < 1.29 is 4.79 Å². The van der Waals surface area contributed by atoms with Gasteiger partial charge in [-0.1, -0.05) is 6.92 Å². The Kier molecular flexibility index (Phi) is 8.43. The van der Waals surface area contributed by atoms with E-state index in [0.717, 1.165) is 42.9 Å². The molecule has 1 heterocycles. The fourth-order valence-electron chi connectivity index (χ4n) is 2.01. The first kappa shape index (κ1) is 17.9. The summed E-state index contributed by atoms with van der Waals surface area (Å²) in [6, 6.07) is 0. The molecule has 0 saturated heterocycles. The SMILES string of the molecule is CCCn1nc(C)c(C(=O)NCCCNC)c1C.Cl. The summed E-state index contributed by atoms with van der Waals surface area (Å²) >= 11 is 0. The molecule has 0 fully saturated rings. The number of carbonyl (C=O) groups excluding carboxylic acids is 1. The van der Waals surface area contributed by atoms with Gasteiger partial charge >= 0.3 is 0 Å². The largest absolute Gasteiger partial charge is 0.352 e. The fraction of sp³-hybridized carbons (Fsp3) is 0.692. The summed E-state index contributed by atoms with van der Waals surface area (Å²) in [5.74, 6) is -0.0107. The van der Waals surface area contributed by atoms with Crippen molar-refractivity contribution in [2.45, 2.75) is 40.2 Å². The van der Waals surface area contributed by atoms with Crippen LogP contribution in [0.1, 0.15) is 41.5 Å². The predicted molar refractivity (Wildman–Crippen MR) is 80.1 cm³/mol. The quantitative estimate of drug-likeness (QED) is 0.751. The van der Waals surface area contributed by atoms with Gasteiger partial charge in [-0.15, -0.1) is 12.4 Å². The van der Waals surface area contributed by atoms with E-state index in [-0.39, 0.29) is 18.3 Å². The summed E-state index contributed by atoms with van der Waals surface area (Å²) in [5.41, 5.74) is 2.50. The molecule has 19 heavy (non-hydrogen) atoms. The molecule has 6 heteroatoms. The molecule has 0 spiro atoms. The van der Waals surface area contributed by atoms with Crippen LogP contribution in [0.2, 0.25) is 0 Å². The lowest BCUT2D eigenvalue weighted by Gasteiger charge is -2.06. The first-order valence-electron chi connectivity index (χ1n) is 6.58. The van der Waals surface area contributed by atoms with E-state index in [1.54, 1.807) is 0 Å². The zero-order valence-electron chi connectivity index (χ0n) is 12.2. The minimum atomic E-state index is -0.0107. The van der Waals surface area contributed by atoms with E-state index in [1.165, 1.54) is 0 Å². The molecule has 2 N–H and O–H groups in total. The van der Waals surface area contributed by atoms with Gasteiger partial charge in [-0.25, -0.2) is 0 Å². The topological polar surface area (TPSA) is 59.0 Å². The number of halogens is 1. The molecule has 110 valence electrons. The summed E-state index contributed by atoms with van der Waals surface area (Å²) in [4.78, 5) is 12.1. The molecular weight excluding hydrogens is 264 g/mol. The van der Waals surface area contributed by atoms with E-state index >= 15 is 0 Å². The highest BCUT2D eigenvalue weighted by molar-refractivity contribution is 5.96. The number of aryl methyl sites for hydroxylation is 2. The summed E-state index contributed by atoms with van der Waals surface area (Å²) in [7, 11) is 1.91. The summed E-state index contributed by atoms with van der Waals surface area (Å²) < 4.78 is 1.91. The Bertz CT molecular complexity index is 404. The Labute approximate surface area is 121 Å². The molecule has 0 unspecified atom stereocenters. The molecule has 0 aliphatic rings. The average molecular weight is 289 g/mol. The average Bonchev–Trinajstić information content (AvgIpc) is 2.61. The second kappa shape index (κ2) is 8.93. The van der Waals surface area contributed by atoms with Crippen molar-refractivity contribution in [2.24, 2.45) is 0 Å². The summed E-state index contributed by atoms with van der Waals surface area (Å²) in [6.07, 6.45) is 1.95. The van der Waals surface area contributed by atoms with Gasteiger partial charge in [-0.05, 0) is 40.3 Å². The number of nitrogens with one attached hydrogen (secondary N) is 2. The lowest BCUT2D eigenvalue weighted by Crippen LogP contribution is -2.27. The maximum absolute atomic E-state index is 12.1. The molecule has 5 nitrogen and oxygen atoms in total. The van der Waals surface area contributed by atoms with E-state index in [9.17, 15) is 4.79 Å². The minimum absolute atomic E-state index is 0. The number of amides is 1. The highest BCUT2D eigenvalue weighted by Gasteiger charge is 2.17. The lowest BCUT2D eigenvalue weighted by molar-refractivity contribution is 0.0952. The van der Waals surface area contributed by atoms with Crippen LogP contribution in [0.4, 0.5) is 0 Å². The number of carbonyl (C=O) groups is 1. The number of hydrogen-bond donors (Lipinski definition) is 2. The Morgan fingerprint density at radius 3 is 2.58 bits per heavy atom. The number of rotatable bonds is 7. The Balaban J connectivity index is 0.00000324. The molecule has 0 radical (unpaired) electrons. The highest BCUT2D eigenvalue weighted by Crippen LogP contribution is 2.13. The van der Waals surface area contributed by atoms with Crippen molar-refractivity contribution in [2.75, 3.05) is 20.1 Å². The van der Waals surface area contributed by atoms with E-state index in [2.05, 4.69) is 22.7 Å². The van der Waals surface area contributed by atoms with Gasteiger partial charge in [0.1, 0.15) is 0 Å². The van der Waals surface area contributed by atoms with Crippen LogP contribution in [-0.2, 0) is 6.54 Å². The second-order valence-electron chi connectivity index (χ2n) is 4.48. The normalized spacial score (nSPS) is 10.1. The Morgan fingerprint density at radius 2 is 2.00 bits per heavy atom. The summed E-state index contributed by atoms with van der Waals surface area (Å²) in [5, 5.41) is 10.4. The molecule has 0 atom stereocenters. The lowest BCUT2D eigenvalue weighted by atomic mass is 10.2. The molecule has 0 saturated carbocycles. The molecule has 1 aromatic rings. The Hall–Kier alpha value is -1.07. The van der Waals surface area contributed by atoms with Gasteiger partial charge in [0.25, 0.3) is 5.91 Å². The van der Waals surface area contributed by atoms with Crippen LogP contribution in [0.15, 0.2) is 0 Å². The third-order valence-electron chi connectivity index (χ3n) is 2.93. The van der Waals surface area contributed by atoms with Gasteiger partial charge < -0.3 is 10.6 Å². The molecule has 1 rings (SSSR count). The standard InChI is InChI=1S/C13H24N4O.ClH/c1-5-9-17-11(3)12(10(2)16-17)13(18)15-8-6-7-14-4;/h14H,5-9H2,1-4H3,(H,15,18);1H. The third-order valence-corrected chi connectivity index (χ3v) is 2.93. The number of nitrogens with zero attached hydrogens (tertiary/aromatic N) is 2. The van der Waals surface area contributed by atoms with Crippen LogP contribution in [0.25, 0.3) is 0 Å². The zero-order chi connectivity index (χ0) is 13.5. The third kappa shape index (κ3) is 4.84. The second-order valence-corrected chi connectivity index (χ2v) is 4.48. The number of aromatic nitrogens is 2. The first-order valence-corrected chi connectivity index (χ1v) is 6.58. The maximum Gasteiger partial charge on any atom is 0.255 e. The highest BCUT2D eigenvalue weighted by atomic mass is 35.5. The van der Waals surface area contributed by atoms with Crippen molar-refractivity contribution in [1.82, 2.24) is 20.4 Å². The van der Waals surface area contributed by atoms with E-state index in [0.29, 0.717) is 6.54 Å². The van der Waals surface area contributed by atoms with Crippen molar-refractivity contribution in [3.8, 4) is 0 Å². The van der Waals surface area contributed by atoms with Crippen LogP contribution in [0.3, 0.4) is 0 Å². The van der Waals surface area contributed by atoms with E-state index in [4.69, 9.17) is 0 Å². The van der Waals surface area contributed by atoms with Crippen molar-refractivity contribution in [3.05, 3.63) is 17.0 Å². The molecule has 1 amide bonds. The van der Waals surface area contributed by atoms with Crippen LogP contribution in [-0.4, -0.2) is 35.8 Å². The maximum atomic E-state index is 12.1. The van der Waals surface area contributed by atoms with E-state index < -0.39 is 0 Å². The summed E-state index contributed by atoms with van der Waals surface area (Å²) in [6.45, 7) is 8.42. The molecule has 1 aromatic heterocycles. The minimum Gasteiger partial charge on any atom is -0.352 e. The smallest absolute Gasteiger partial charge is 0.255 e.